The smallest absolute Gasteiger partial charge is 0.276 e. The van der Waals surface area contributed by atoms with Crippen molar-refractivity contribution in [1.82, 2.24) is 19.9 Å². The quantitative estimate of drug-likeness (QED) is 0.725. The van der Waals surface area contributed by atoms with Crippen LogP contribution in [0, 0.1) is 0 Å². The van der Waals surface area contributed by atoms with Gasteiger partial charge >= 0.3 is 0 Å². The van der Waals surface area contributed by atoms with Gasteiger partial charge < -0.3 is 9.42 Å². The van der Waals surface area contributed by atoms with E-state index in [-0.39, 0.29) is 5.91 Å². The Morgan fingerprint density at radius 3 is 2.46 bits per heavy atom. The highest BCUT2D eigenvalue weighted by Gasteiger charge is 2.24. The summed E-state index contributed by atoms with van der Waals surface area (Å²) in [4.78, 5) is 20.9. The van der Waals surface area contributed by atoms with Gasteiger partial charge in [-0.25, -0.2) is 0 Å². The highest BCUT2D eigenvalue weighted by Crippen LogP contribution is 2.21. The second-order valence-electron chi connectivity index (χ2n) is 6.37. The molecule has 26 heavy (non-hydrogen) atoms. The summed E-state index contributed by atoms with van der Waals surface area (Å²) in [6.45, 7) is 3.95. The molecule has 0 atom stereocenters. The van der Waals surface area contributed by atoms with E-state index in [1.165, 1.54) is 5.56 Å². The number of aromatic nitrogens is 2. The Morgan fingerprint density at radius 1 is 1.00 bits per heavy atom. The molecule has 0 radical (unpaired) electrons. The summed E-state index contributed by atoms with van der Waals surface area (Å²) in [5.74, 6) is 0.546. The molecule has 1 aromatic carbocycles. The lowest BCUT2D eigenvalue weighted by Gasteiger charge is -2.34. The van der Waals surface area contributed by atoms with Crippen LogP contribution in [0.4, 0.5) is 0 Å². The third kappa shape index (κ3) is 3.65. The van der Waals surface area contributed by atoms with Crippen molar-refractivity contribution in [3.05, 3.63) is 72.2 Å². The summed E-state index contributed by atoms with van der Waals surface area (Å²) in [6, 6.07) is 15.5. The lowest BCUT2D eigenvalue weighted by molar-refractivity contribution is 0.0618. The van der Waals surface area contributed by atoms with Crippen molar-refractivity contribution in [2.75, 3.05) is 26.2 Å². The van der Waals surface area contributed by atoms with Crippen molar-refractivity contribution in [3.8, 4) is 11.3 Å². The van der Waals surface area contributed by atoms with E-state index in [2.05, 4.69) is 15.0 Å². The van der Waals surface area contributed by atoms with Crippen LogP contribution in [0.1, 0.15) is 16.1 Å². The molecule has 1 saturated heterocycles. The Labute approximate surface area is 152 Å². The number of carbonyl (C=O) groups is 1. The van der Waals surface area contributed by atoms with E-state index in [0.29, 0.717) is 24.5 Å². The molecule has 1 aliphatic rings. The maximum atomic E-state index is 12.7. The number of hydrogen-bond acceptors (Lipinski definition) is 5. The fraction of sp³-hybridized carbons (Fsp3) is 0.250. The molecule has 0 spiro atoms. The Hall–Kier alpha value is -2.99. The summed E-state index contributed by atoms with van der Waals surface area (Å²) < 4.78 is 5.35. The molecule has 0 aliphatic carbocycles. The lowest BCUT2D eigenvalue weighted by Crippen LogP contribution is -2.48. The van der Waals surface area contributed by atoms with Gasteiger partial charge in [-0.3, -0.25) is 14.7 Å². The van der Waals surface area contributed by atoms with Gasteiger partial charge in [0.15, 0.2) is 11.5 Å². The average molecular weight is 348 g/mol. The van der Waals surface area contributed by atoms with Crippen molar-refractivity contribution in [2.45, 2.75) is 6.54 Å². The first-order valence-corrected chi connectivity index (χ1v) is 8.72. The zero-order chi connectivity index (χ0) is 17.8. The van der Waals surface area contributed by atoms with E-state index in [4.69, 9.17) is 4.52 Å². The lowest BCUT2D eigenvalue weighted by atomic mass is 10.1. The SMILES string of the molecule is O=C(c1cc(-c2ccccc2)on1)N1CCN(Cc2ccncc2)CC1. The molecule has 6 nitrogen and oxygen atoms in total. The van der Waals surface area contributed by atoms with Crippen LogP contribution in [-0.4, -0.2) is 52.0 Å². The summed E-state index contributed by atoms with van der Waals surface area (Å²) in [5.41, 5.74) is 2.52. The number of benzene rings is 1. The molecule has 0 N–H and O–H groups in total. The summed E-state index contributed by atoms with van der Waals surface area (Å²) in [7, 11) is 0. The first-order chi connectivity index (χ1) is 12.8. The van der Waals surface area contributed by atoms with Crippen molar-refractivity contribution in [3.63, 3.8) is 0 Å². The van der Waals surface area contributed by atoms with Gasteiger partial charge in [0.25, 0.3) is 5.91 Å². The third-order valence-electron chi connectivity index (χ3n) is 4.60. The predicted octanol–water partition coefficient (Wildman–Crippen LogP) is 2.69. The molecule has 1 aliphatic heterocycles. The topological polar surface area (TPSA) is 62.5 Å². The molecular formula is C20H20N4O2. The van der Waals surface area contributed by atoms with Gasteiger partial charge in [-0.2, -0.15) is 0 Å². The molecule has 1 fully saturated rings. The molecule has 6 heteroatoms. The molecule has 2 aromatic heterocycles. The largest absolute Gasteiger partial charge is 0.355 e. The third-order valence-corrected chi connectivity index (χ3v) is 4.60. The second-order valence-corrected chi connectivity index (χ2v) is 6.37. The highest BCUT2D eigenvalue weighted by molar-refractivity contribution is 5.93. The Bertz CT molecular complexity index is 856. The normalized spacial score (nSPS) is 15.2. The average Bonchev–Trinajstić information content (AvgIpc) is 3.20. The number of pyridine rings is 1. The van der Waals surface area contributed by atoms with Gasteiger partial charge in [-0.05, 0) is 17.7 Å². The first kappa shape index (κ1) is 16.5. The van der Waals surface area contributed by atoms with Gasteiger partial charge in [0, 0.05) is 56.7 Å². The van der Waals surface area contributed by atoms with Gasteiger partial charge in [0.05, 0.1) is 0 Å². The van der Waals surface area contributed by atoms with E-state index >= 15 is 0 Å². The van der Waals surface area contributed by atoms with Crippen LogP contribution in [0.25, 0.3) is 11.3 Å². The molecule has 0 unspecified atom stereocenters. The molecule has 3 heterocycles. The maximum absolute atomic E-state index is 12.7. The zero-order valence-corrected chi connectivity index (χ0v) is 14.4. The number of carbonyl (C=O) groups excluding carboxylic acids is 1. The second kappa shape index (κ2) is 7.49. The van der Waals surface area contributed by atoms with Crippen LogP contribution in [0.3, 0.4) is 0 Å². The number of rotatable bonds is 4. The van der Waals surface area contributed by atoms with Gasteiger partial charge in [0.2, 0.25) is 0 Å². The van der Waals surface area contributed by atoms with E-state index < -0.39 is 0 Å². The van der Waals surface area contributed by atoms with E-state index in [1.807, 2.05) is 59.8 Å². The number of amides is 1. The highest BCUT2D eigenvalue weighted by atomic mass is 16.5. The molecule has 0 saturated carbocycles. The molecular weight excluding hydrogens is 328 g/mol. The Kier molecular flexibility index (Phi) is 4.75. The summed E-state index contributed by atoms with van der Waals surface area (Å²) in [6.07, 6.45) is 3.62. The minimum Gasteiger partial charge on any atom is -0.355 e. The van der Waals surface area contributed by atoms with Crippen molar-refractivity contribution in [1.29, 1.82) is 0 Å². The minimum absolute atomic E-state index is 0.0699. The van der Waals surface area contributed by atoms with E-state index in [9.17, 15) is 4.79 Å². The van der Waals surface area contributed by atoms with Crippen LogP contribution >= 0.6 is 0 Å². The molecule has 1 amide bonds. The van der Waals surface area contributed by atoms with Crippen LogP contribution in [0.5, 0.6) is 0 Å². The van der Waals surface area contributed by atoms with Gasteiger partial charge in [-0.1, -0.05) is 35.5 Å². The molecule has 0 bridgehead atoms. The monoisotopic (exact) mass is 348 g/mol. The fourth-order valence-corrected chi connectivity index (χ4v) is 3.13. The minimum atomic E-state index is -0.0699. The van der Waals surface area contributed by atoms with Gasteiger partial charge in [-0.15, -0.1) is 0 Å². The number of piperazine rings is 1. The predicted molar refractivity (Wildman–Crippen MR) is 97.4 cm³/mol. The van der Waals surface area contributed by atoms with E-state index in [1.54, 1.807) is 6.07 Å². The number of nitrogens with zero attached hydrogens (tertiary/aromatic N) is 4. The molecule has 132 valence electrons. The van der Waals surface area contributed by atoms with E-state index in [0.717, 1.165) is 25.2 Å². The van der Waals surface area contributed by atoms with Crippen LogP contribution in [-0.2, 0) is 6.54 Å². The Morgan fingerprint density at radius 2 is 1.73 bits per heavy atom. The Balaban J connectivity index is 1.36. The summed E-state index contributed by atoms with van der Waals surface area (Å²) in [5, 5.41) is 3.97. The number of hydrogen-bond donors (Lipinski definition) is 0. The van der Waals surface area contributed by atoms with Crippen LogP contribution in [0.15, 0.2) is 65.4 Å². The van der Waals surface area contributed by atoms with Crippen molar-refractivity contribution < 1.29 is 9.32 Å². The van der Waals surface area contributed by atoms with Crippen LogP contribution < -0.4 is 0 Å². The molecule has 4 rings (SSSR count). The van der Waals surface area contributed by atoms with Gasteiger partial charge in [0.1, 0.15) is 0 Å². The summed E-state index contributed by atoms with van der Waals surface area (Å²) >= 11 is 0. The van der Waals surface area contributed by atoms with Crippen molar-refractivity contribution in [2.24, 2.45) is 0 Å². The zero-order valence-electron chi connectivity index (χ0n) is 14.4. The molecule has 3 aromatic rings. The first-order valence-electron chi connectivity index (χ1n) is 8.72. The van der Waals surface area contributed by atoms with Crippen molar-refractivity contribution >= 4 is 5.91 Å². The fourth-order valence-electron chi connectivity index (χ4n) is 3.13. The van der Waals surface area contributed by atoms with Crippen LogP contribution in [0.2, 0.25) is 0 Å². The standard InChI is InChI=1S/C20H20N4O2/c25-20(18-14-19(26-22-18)17-4-2-1-3-5-17)24-12-10-23(11-13-24)15-16-6-8-21-9-7-16/h1-9,14H,10-13,15H2. The maximum Gasteiger partial charge on any atom is 0.276 e.